The van der Waals surface area contributed by atoms with Gasteiger partial charge in [-0.2, -0.15) is 18.4 Å². The molecule has 0 spiro atoms. The van der Waals surface area contributed by atoms with Crippen LogP contribution in [0.1, 0.15) is 17.5 Å². The van der Waals surface area contributed by atoms with Crippen LogP contribution >= 0.6 is 11.6 Å². The second kappa shape index (κ2) is 8.27. The van der Waals surface area contributed by atoms with Gasteiger partial charge in [-0.05, 0) is 36.8 Å². The Morgan fingerprint density at radius 2 is 2.00 bits per heavy atom. The van der Waals surface area contributed by atoms with Gasteiger partial charge >= 0.3 is 6.18 Å². The number of nitriles is 1. The van der Waals surface area contributed by atoms with Gasteiger partial charge < -0.3 is 9.47 Å². The van der Waals surface area contributed by atoms with E-state index in [1.54, 1.807) is 25.1 Å². The lowest BCUT2D eigenvalue weighted by molar-refractivity contribution is -0.138. The normalized spacial score (nSPS) is 11.1. The molecule has 2 rings (SSSR count). The first kappa shape index (κ1) is 20.5. The molecule has 1 heterocycles. The van der Waals surface area contributed by atoms with Gasteiger partial charge in [-0.1, -0.05) is 11.6 Å². The summed E-state index contributed by atoms with van der Waals surface area (Å²) in [6, 6.07) is 8.13. The summed E-state index contributed by atoms with van der Waals surface area (Å²) >= 11 is 5.97. The topological polar surface area (TPSA) is 66.1 Å². The second-order valence-corrected chi connectivity index (χ2v) is 6.18. The van der Waals surface area contributed by atoms with E-state index in [1.807, 2.05) is 6.07 Å². The molecule has 0 aliphatic rings. The van der Waals surface area contributed by atoms with Crippen molar-refractivity contribution < 1.29 is 18.0 Å². The van der Waals surface area contributed by atoms with E-state index in [0.717, 1.165) is 6.07 Å². The summed E-state index contributed by atoms with van der Waals surface area (Å²) in [6.07, 6.45) is -4.01. The van der Waals surface area contributed by atoms with Crippen molar-refractivity contribution in [3.63, 3.8) is 0 Å². The lowest BCUT2D eigenvalue weighted by atomic mass is 10.2. The summed E-state index contributed by atoms with van der Waals surface area (Å²) in [5.41, 5.74) is -0.623. The predicted octanol–water partition coefficient (Wildman–Crippen LogP) is 3.78. The van der Waals surface area contributed by atoms with Gasteiger partial charge in [0.15, 0.2) is 0 Å². The quantitative estimate of drug-likeness (QED) is 0.771. The van der Waals surface area contributed by atoms with Gasteiger partial charge in [-0.15, -0.1) is 0 Å². The maximum atomic E-state index is 12.9. The van der Waals surface area contributed by atoms with Crippen LogP contribution in [0.5, 0.6) is 0 Å². The van der Waals surface area contributed by atoms with E-state index in [4.69, 9.17) is 16.9 Å². The molecule has 27 heavy (non-hydrogen) atoms. The summed E-state index contributed by atoms with van der Waals surface area (Å²) in [4.78, 5) is 25.8. The molecule has 0 N–H and O–H groups in total. The van der Waals surface area contributed by atoms with Crippen molar-refractivity contribution in [3.8, 4) is 6.07 Å². The van der Waals surface area contributed by atoms with E-state index >= 15 is 0 Å². The van der Waals surface area contributed by atoms with Crippen LogP contribution in [0.3, 0.4) is 0 Å². The molecular weight excluding hydrogens is 383 g/mol. The van der Waals surface area contributed by atoms with Crippen molar-refractivity contribution >= 4 is 23.2 Å². The number of nitrogens with zero attached hydrogens (tertiary/aromatic N) is 3. The lowest BCUT2D eigenvalue weighted by Gasteiger charge is -2.23. The molecule has 0 aliphatic carbocycles. The lowest BCUT2D eigenvalue weighted by Crippen LogP contribution is -2.37. The number of rotatable bonds is 5. The zero-order valence-corrected chi connectivity index (χ0v) is 15.0. The third-order valence-electron chi connectivity index (χ3n) is 3.82. The molecule has 1 aromatic carbocycles. The summed E-state index contributed by atoms with van der Waals surface area (Å²) in [5.74, 6) is -0.617. The van der Waals surface area contributed by atoms with Crippen LogP contribution in [0.15, 0.2) is 41.3 Å². The number of hydrogen-bond acceptors (Lipinski definition) is 3. The highest BCUT2D eigenvalue weighted by atomic mass is 35.5. The van der Waals surface area contributed by atoms with Gasteiger partial charge in [-0.3, -0.25) is 9.59 Å². The Morgan fingerprint density at radius 3 is 2.59 bits per heavy atom. The van der Waals surface area contributed by atoms with Crippen molar-refractivity contribution in [1.29, 1.82) is 5.26 Å². The van der Waals surface area contributed by atoms with E-state index in [9.17, 15) is 22.8 Å². The van der Waals surface area contributed by atoms with Crippen LogP contribution in [0.2, 0.25) is 5.02 Å². The number of amides is 1. The average molecular weight is 398 g/mol. The van der Waals surface area contributed by atoms with E-state index in [1.165, 1.54) is 4.90 Å². The van der Waals surface area contributed by atoms with E-state index in [0.29, 0.717) is 33.1 Å². The van der Waals surface area contributed by atoms with Gasteiger partial charge in [0.05, 0.1) is 18.1 Å². The number of carbonyl (C=O) groups is 1. The molecule has 9 heteroatoms. The molecule has 5 nitrogen and oxygen atoms in total. The maximum absolute atomic E-state index is 12.9. The molecule has 0 bridgehead atoms. The zero-order chi connectivity index (χ0) is 20.2. The molecule has 0 saturated carbocycles. The van der Waals surface area contributed by atoms with Gasteiger partial charge in [0, 0.05) is 29.5 Å². The Bertz CT molecular complexity index is 948. The van der Waals surface area contributed by atoms with Gasteiger partial charge in [0.1, 0.15) is 6.54 Å². The fourth-order valence-corrected chi connectivity index (χ4v) is 2.53. The second-order valence-electron chi connectivity index (χ2n) is 5.77. The first-order chi connectivity index (χ1) is 12.6. The molecule has 142 valence electrons. The summed E-state index contributed by atoms with van der Waals surface area (Å²) in [5, 5.41) is 9.30. The number of anilines is 1. The molecule has 0 atom stereocenters. The number of carbonyl (C=O) groups excluding carboxylic acids is 1. The van der Waals surface area contributed by atoms with Crippen LogP contribution in [-0.2, 0) is 17.5 Å². The number of pyridine rings is 1. The fraction of sp³-hybridized carbons (Fsp3) is 0.278. The van der Waals surface area contributed by atoms with Crippen LogP contribution < -0.4 is 10.5 Å². The molecule has 0 fully saturated rings. The monoisotopic (exact) mass is 397 g/mol. The van der Waals surface area contributed by atoms with Crippen molar-refractivity contribution in [3.05, 3.63) is 63.0 Å². The predicted molar refractivity (Wildman–Crippen MR) is 94.5 cm³/mol. The first-order valence-corrected chi connectivity index (χ1v) is 8.22. The number of benzene rings is 1. The van der Waals surface area contributed by atoms with Crippen molar-refractivity contribution in [1.82, 2.24) is 4.57 Å². The highest BCUT2D eigenvalue weighted by Gasteiger charge is 2.31. The first-order valence-electron chi connectivity index (χ1n) is 7.84. The molecule has 0 unspecified atom stereocenters. The van der Waals surface area contributed by atoms with Crippen LogP contribution in [-0.4, -0.2) is 17.0 Å². The summed E-state index contributed by atoms with van der Waals surface area (Å²) in [7, 11) is 0. The number of aromatic nitrogens is 1. The Balaban J connectivity index is 2.35. The Labute approximate surface area is 158 Å². The largest absolute Gasteiger partial charge is 0.417 e. The third kappa shape index (κ3) is 5.11. The van der Waals surface area contributed by atoms with Crippen LogP contribution in [0, 0.1) is 18.3 Å². The van der Waals surface area contributed by atoms with E-state index in [-0.39, 0.29) is 13.0 Å². The number of alkyl halides is 3. The van der Waals surface area contributed by atoms with Gasteiger partial charge in [-0.25, -0.2) is 0 Å². The SMILES string of the molecule is Cc1cc(N(CCC#N)C(=O)Cn2cc(C(F)(F)F)ccc2=O)ccc1Cl. The molecule has 1 aromatic heterocycles. The fourth-order valence-electron chi connectivity index (χ4n) is 2.41. The summed E-state index contributed by atoms with van der Waals surface area (Å²) in [6.45, 7) is 1.18. The molecule has 1 amide bonds. The molecule has 0 aliphatic heterocycles. The molecule has 2 aromatic rings. The number of hydrogen-bond donors (Lipinski definition) is 0. The minimum atomic E-state index is -4.63. The smallest absolute Gasteiger partial charge is 0.310 e. The zero-order valence-electron chi connectivity index (χ0n) is 14.3. The Kier molecular flexibility index (Phi) is 6.28. The third-order valence-corrected chi connectivity index (χ3v) is 4.24. The van der Waals surface area contributed by atoms with Crippen molar-refractivity contribution in [2.24, 2.45) is 0 Å². The Morgan fingerprint density at radius 1 is 1.30 bits per heavy atom. The highest BCUT2D eigenvalue weighted by Crippen LogP contribution is 2.28. The van der Waals surface area contributed by atoms with Crippen LogP contribution in [0.4, 0.5) is 18.9 Å². The van der Waals surface area contributed by atoms with Gasteiger partial charge in [0.2, 0.25) is 5.91 Å². The Hall–Kier alpha value is -2.79. The van der Waals surface area contributed by atoms with E-state index < -0.39 is 29.8 Å². The highest BCUT2D eigenvalue weighted by molar-refractivity contribution is 6.31. The summed E-state index contributed by atoms with van der Waals surface area (Å²) < 4.78 is 39.3. The standard InChI is InChI=1S/C18H15ClF3N3O2/c1-12-9-14(4-5-15(12)19)25(8-2-7-23)17(27)11-24-10-13(18(20,21)22)3-6-16(24)26/h3-6,9-10H,2,8,11H2,1H3. The van der Waals surface area contributed by atoms with E-state index in [2.05, 4.69) is 0 Å². The number of halogens is 4. The number of aryl methyl sites for hydroxylation is 1. The molecular formula is C18H15ClF3N3O2. The maximum Gasteiger partial charge on any atom is 0.417 e. The average Bonchev–Trinajstić information content (AvgIpc) is 2.59. The van der Waals surface area contributed by atoms with Crippen LogP contribution in [0.25, 0.3) is 0 Å². The van der Waals surface area contributed by atoms with Crippen molar-refractivity contribution in [2.45, 2.75) is 26.1 Å². The minimum Gasteiger partial charge on any atom is -0.310 e. The molecule has 0 saturated heterocycles. The minimum absolute atomic E-state index is 0.0188. The van der Waals surface area contributed by atoms with Crippen molar-refractivity contribution in [2.75, 3.05) is 11.4 Å². The molecule has 0 radical (unpaired) electrons. The van der Waals surface area contributed by atoms with Gasteiger partial charge in [0.25, 0.3) is 5.56 Å².